The molecule has 1 aromatic carbocycles. The van der Waals surface area contributed by atoms with Crippen LogP contribution in [-0.4, -0.2) is 41.3 Å². The molecular weight excluding hydrogens is 344 g/mol. The lowest BCUT2D eigenvalue weighted by atomic mass is 10.2. The Morgan fingerprint density at radius 3 is 2.84 bits per heavy atom. The zero-order valence-corrected chi connectivity index (χ0v) is 14.5. The monoisotopic (exact) mass is 360 g/mol. The smallest absolute Gasteiger partial charge is 0.326 e. The van der Waals surface area contributed by atoms with Gasteiger partial charge in [-0.25, -0.2) is 0 Å². The molecular formula is C17H16N2O5S. The van der Waals surface area contributed by atoms with Crippen LogP contribution in [-0.2, 0) is 14.3 Å². The van der Waals surface area contributed by atoms with Crippen molar-refractivity contribution in [3.05, 3.63) is 34.7 Å². The van der Waals surface area contributed by atoms with Crippen molar-refractivity contribution in [3.63, 3.8) is 0 Å². The van der Waals surface area contributed by atoms with Crippen LogP contribution in [0.2, 0.25) is 0 Å². The van der Waals surface area contributed by atoms with E-state index in [1.807, 2.05) is 6.07 Å². The molecule has 0 atom stereocenters. The topological polar surface area (TPSA) is 96.7 Å². The molecule has 8 heteroatoms. The Hall–Kier alpha value is -2.79. The number of esters is 1. The molecule has 7 nitrogen and oxygen atoms in total. The molecule has 0 aliphatic carbocycles. The summed E-state index contributed by atoms with van der Waals surface area (Å²) in [6, 6.07) is 8.65. The number of nitriles is 1. The highest BCUT2D eigenvalue weighted by Crippen LogP contribution is 2.32. The predicted octanol–water partition coefficient (Wildman–Crippen LogP) is 2.58. The van der Waals surface area contributed by atoms with Gasteiger partial charge in [0.25, 0.3) is 11.1 Å². The molecule has 1 aliphatic rings. The molecule has 0 aromatic heterocycles. The van der Waals surface area contributed by atoms with Gasteiger partial charge in [0.2, 0.25) is 0 Å². The van der Waals surface area contributed by atoms with E-state index in [0.717, 1.165) is 16.7 Å². The lowest BCUT2D eigenvalue weighted by Gasteiger charge is -2.13. The molecule has 25 heavy (non-hydrogen) atoms. The van der Waals surface area contributed by atoms with E-state index in [0.29, 0.717) is 11.3 Å². The average molecular weight is 360 g/mol. The van der Waals surface area contributed by atoms with Gasteiger partial charge in [-0.15, -0.1) is 0 Å². The Balaban J connectivity index is 2.12. The summed E-state index contributed by atoms with van der Waals surface area (Å²) in [6.45, 7) is 2.88. The van der Waals surface area contributed by atoms with Crippen LogP contribution in [0.4, 0.5) is 4.79 Å². The van der Waals surface area contributed by atoms with E-state index >= 15 is 0 Å². The minimum atomic E-state index is -0.634. The zero-order chi connectivity index (χ0) is 18.4. The molecule has 0 bridgehead atoms. The largest absolute Gasteiger partial charge is 0.479 e. The molecule has 0 N–H and O–H groups in total. The first kappa shape index (κ1) is 18.5. The fraction of sp³-hybridized carbons (Fsp3) is 0.294. The third kappa shape index (κ3) is 5.09. The normalized spacial score (nSPS) is 15.6. The van der Waals surface area contributed by atoms with Crippen LogP contribution >= 0.6 is 11.8 Å². The number of carbonyl (C=O) groups excluding carboxylic acids is 3. The van der Waals surface area contributed by atoms with Crippen molar-refractivity contribution >= 4 is 35.0 Å². The molecule has 1 saturated heterocycles. The maximum absolute atomic E-state index is 12.3. The number of thioether (sulfide) groups is 1. The molecule has 1 aliphatic heterocycles. The van der Waals surface area contributed by atoms with Crippen molar-refractivity contribution in [3.8, 4) is 11.8 Å². The summed E-state index contributed by atoms with van der Waals surface area (Å²) in [6.07, 6.45) is 1.22. The van der Waals surface area contributed by atoms with Gasteiger partial charge in [-0.1, -0.05) is 12.1 Å². The summed E-state index contributed by atoms with van der Waals surface area (Å²) in [4.78, 5) is 37.0. The average Bonchev–Trinajstić information content (AvgIpc) is 2.80. The summed E-state index contributed by atoms with van der Waals surface area (Å²) in [5.74, 6) is -0.695. The van der Waals surface area contributed by atoms with E-state index in [-0.39, 0.29) is 17.6 Å². The van der Waals surface area contributed by atoms with Gasteiger partial charge in [-0.3, -0.25) is 19.3 Å². The number of benzene rings is 1. The van der Waals surface area contributed by atoms with Gasteiger partial charge in [-0.05, 0) is 49.4 Å². The lowest BCUT2D eigenvalue weighted by Crippen LogP contribution is -2.35. The van der Waals surface area contributed by atoms with Gasteiger partial charge < -0.3 is 9.47 Å². The van der Waals surface area contributed by atoms with E-state index in [4.69, 9.17) is 14.7 Å². The number of amides is 2. The summed E-state index contributed by atoms with van der Waals surface area (Å²) >= 11 is 0.759. The third-order valence-corrected chi connectivity index (χ3v) is 3.89. The quantitative estimate of drug-likeness (QED) is 0.568. The second-order valence-electron chi connectivity index (χ2n) is 5.33. The maximum Gasteiger partial charge on any atom is 0.326 e. The number of imide groups is 1. The van der Waals surface area contributed by atoms with Crippen molar-refractivity contribution in [2.45, 2.75) is 20.0 Å². The molecule has 2 amide bonds. The lowest BCUT2D eigenvalue weighted by molar-refractivity contribution is -0.149. The van der Waals surface area contributed by atoms with Gasteiger partial charge in [0.15, 0.2) is 6.61 Å². The molecule has 0 saturated carbocycles. The van der Waals surface area contributed by atoms with Gasteiger partial charge >= 0.3 is 5.97 Å². The second-order valence-corrected chi connectivity index (χ2v) is 6.32. The summed E-state index contributed by atoms with van der Waals surface area (Å²) in [7, 11) is 0. The fourth-order valence-electron chi connectivity index (χ4n) is 2.03. The van der Waals surface area contributed by atoms with E-state index < -0.39 is 23.7 Å². The number of hydrogen-bond donors (Lipinski definition) is 0. The number of carbonyl (C=O) groups is 3. The molecule has 0 radical (unpaired) electrons. The maximum atomic E-state index is 12.3. The molecule has 0 unspecified atom stereocenters. The van der Waals surface area contributed by atoms with Crippen molar-refractivity contribution < 1.29 is 23.9 Å². The van der Waals surface area contributed by atoms with Crippen LogP contribution in [0.3, 0.4) is 0 Å². The van der Waals surface area contributed by atoms with Crippen molar-refractivity contribution in [2.24, 2.45) is 0 Å². The van der Waals surface area contributed by atoms with Crippen LogP contribution in [0.1, 0.15) is 19.4 Å². The summed E-state index contributed by atoms with van der Waals surface area (Å²) in [5.41, 5.74) is 0.644. The molecule has 1 fully saturated rings. The Labute approximate surface area is 149 Å². The highest BCUT2D eigenvalue weighted by Gasteiger charge is 2.36. The van der Waals surface area contributed by atoms with Crippen LogP contribution in [0.5, 0.6) is 5.75 Å². The third-order valence-electron chi connectivity index (χ3n) is 2.99. The van der Waals surface area contributed by atoms with Crippen LogP contribution < -0.4 is 4.74 Å². The van der Waals surface area contributed by atoms with E-state index in [9.17, 15) is 14.4 Å². The van der Waals surface area contributed by atoms with E-state index in [1.165, 1.54) is 6.08 Å². The van der Waals surface area contributed by atoms with Gasteiger partial charge in [0.05, 0.1) is 11.0 Å². The van der Waals surface area contributed by atoms with Gasteiger partial charge in [-0.2, -0.15) is 5.26 Å². The van der Waals surface area contributed by atoms with Crippen molar-refractivity contribution in [1.29, 1.82) is 5.26 Å². The van der Waals surface area contributed by atoms with Crippen LogP contribution in [0.15, 0.2) is 29.2 Å². The highest BCUT2D eigenvalue weighted by molar-refractivity contribution is 8.18. The molecule has 130 valence electrons. The number of ether oxygens (including phenoxy) is 2. The minimum absolute atomic E-state index is 0.0854. The first-order valence-corrected chi connectivity index (χ1v) is 8.27. The first-order valence-electron chi connectivity index (χ1n) is 7.45. The minimum Gasteiger partial charge on any atom is -0.479 e. The Bertz CT molecular complexity index is 767. The Morgan fingerprint density at radius 1 is 1.40 bits per heavy atom. The predicted molar refractivity (Wildman–Crippen MR) is 91.5 cm³/mol. The fourth-order valence-corrected chi connectivity index (χ4v) is 2.86. The Morgan fingerprint density at radius 2 is 2.16 bits per heavy atom. The zero-order valence-electron chi connectivity index (χ0n) is 13.7. The molecule has 2 rings (SSSR count). The summed E-state index contributed by atoms with van der Waals surface area (Å²) in [5, 5.41) is 8.01. The van der Waals surface area contributed by atoms with E-state index in [1.54, 1.807) is 38.1 Å². The molecule has 0 spiro atoms. The van der Waals surface area contributed by atoms with E-state index in [2.05, 4.69) is 0 Å². The van der Waals surface area contributed by atoms with Crippen molar-refractivity contribution in [2.75, 3.05) is 13.2 Å². The van der Waals surface area contributed by atoms with Gasteiger partial charge in [0.1, 0.15) is 18.4 Å². The SMILES string of the molecule is CC(C)OC(=O)CN1C(=O)S/C(=C\c2cccc(OCC#N)c2)C1=O. The molecule has 1 aromatic rings. The number of hydrogen-bond acceptors (Lipinski definition) is 7. The first-order chi connectivity index (χ1) is 11.9. The molecule has 1 heterocycles. The van der Waals surface area contributed by atoms with Crippen LogP contribution in [0.25, 0.3) is 6.08 Å². The summed E-state index contributed by atoms with van der Waals surface area (Å²) < 4.78 is 10.2. The highest BCUT2D eigenvalue weighted by atomic mass is 32.2. The van der Waals surface area contributed by atoms with Crippen LogP contribution in [0, 0.1) is 11.3 Å². The number of rotatable bonds is 6. The Kier molecular flexibility index (Phi) is 6.19. The second kappa shape index (κ2) is 8.35. The number of nitrogens with zero attached hydrogens (tertiary/aromatic N) is 2. The standard InChI is InChI=1S/C17H16N2O5S/c1-11(2)24-15(20)10-19-16(21)14(25-17(19)22)9-12-4-3-5-13(8-12)23-7-6-18/h3-5,8-9,11H,7,10H2,1-2H3/b14-9-. The van der Waals surface area contributed by atoms with Crippen molar-refractivity contribution in [1.82, 2.24) is 4.90 Å². The van der Waals surface area contributed by atoms with Gasteiger partial charge in [0, 0.05) is 0 Å².